The Morgan fingerprint density at radius 3 is 2.36 bits per heavy atom. The highest BCUT2D eigenvalue weighted by atomic mass is 35.5. The number of aromatic nitrogens is 1. The molecule has 7 heteroatoms. The molecule has 1 atom stereocenters. The average Bonchev–Trinajstić information content (AvgIpc) is 2.55. The van der Waals surface area contributed by atoms with Crippen LogP contribution in [0.3, 0.4) is 0 Å². The summed E-state index contributed by atoms with van der Waals surface area (Å²) >= 11 is 5.85. The largest absolute Gasteiger partial charge is 0.354 e. The third-order valence-corrected chi connectivity index (χ3v) is 6.07. The fourth-order valence-electron chi connectivity index (χ4n) is 2.21. The molecule has 134 valence electrons. The number of benzene rings is 1. The maximum Gasteiger partial charge on any atom is 0.225 e. The molecule has 0 fully saturated rings. The van der Waals surface area contributed by atoms with Gasteiger partial charge in [0, 0.05) is 29.4 Å². The highest BCUT2D eigenvalue weighted by Gasteiger charge is 2.31. The van der Waals surface area contributed by atoms with E-state index in [9.17, 15) is 13.2 Å². The van der Waals surface area contributed by atoms with Crippen LogP contribution >= 0.6 is 11.6 Å². The zero-order valence-electron chi connectivity index (χ0n) is 14.4. The van der Waals surface area contributed by atoms with Crippen LogP contribution in [0.1, 0.15) is 31.6 Å². The summed E-state index contributed by atoms with van der Waals surface area (Å²) in [6.07, 6.45) is 3.07. The minimum Gasteiger partial charge on any atom is -0.354 e. The van der Waals surface area contributed by atoms with Gasteiger partial charge in [-0.2, -0.15) is 0 Å². The van der Waals surface area contributed by atoms with Crippen molar-refractivity contribution >= 4 is 27.3 Å². The van der Waals surface area contributed by atoms with Gasteiger partial charge in [0.05, 0.1) is 4.90 Å². The molecule has 1 unspecified atom stereocenters. The van der Waals surface area contributed by atoms with E-state index in [1.165, 1.54) is 30.5 Å². The van der Waals surface area contributed by atoms with E-state index >= 15 is 0 Å². The van der Waals surface area contributed by atoms with E-state index in [2.05, 4.69) is 10.3 Å². The molecule has 0 bridgehead atoms. The third-order valence-electron chi connectivity index (χ3n) is 3.70. The quantitative estimate of drug-likeness (QED) is 0.862. The second-order valence-electron chi connectivity index (χ2n) is 6.73. The van der Waals surface area contributed by atoms with E-state index in [0.29, 0.717) is 10.6 Å². The first-order chi connectivity index (χ1) is 11.6. The van der Waals surface area contributed by atoms with Crippen LogP contribution in [0.5, 0.6) is 0 Å². The Labute approximate surface area is 153 Å². The van der Waals surface area contributed by atoms with Gasteiger partial charge < -0.3 is 5.32 Å². The standard InChI is InChI=1S/C18H21ClN2O3S/c1-18(2,3)17(22)21-12-16(13-5-4-10-20-11-13)25(23,24)15-8-6-14(19)7-9-15/h4-11,16H,12H2,1-3H3,(H,21,22). The molecule has 2 rings (SSSR count). The zero-order chi connectivity index (χ0) is 18.7. The number of hydrogen-bond donors (Lipinski definition) is 1. The van der Waals surface area contributed by atoms with Crippen LogP contribution in [0, 0.1) is 5.41 Å². The summed E-state index contributed by atoms with van der Waals surface area (Å²) in [4.78, 5) is 16.3. The molecule has 0 aliphatic rings. The van der Waals surface area contributed by atoms with Crippen molar-refractivity contribution in [3.05, 3.63) is 59.4 Å². The maximum atomic E-state index is 13.1. The van der Waals surface area contributed by atoms with Gasteiger partial charge in [-0.3, -0.25) is 9.78 Å². The van der Waals surface area contributed by atoms with Crippen LogP contribution in [-0.2, 0) is 14.6 Å². The topological polar surface area (TPSA) is 76.1 Å². The second kappa shape index (κ2) is 7.54. The first-order valence-corrected chi connectivity index (χ1v) is 9.72. The number of nitrogens with zero attached hydrogens (tertiary/aromatic N) is 1. The number of halogens is 1. The summed E-state index contributed by atoms with van der Waals surface area (Å²) in [5, 5.41) is 2.26. The number of carbonyl (C=O) groups is 1. The smallest absolute Gasteiger partial charge is 0.225 e. The molecule has 25 heavy (non-hydrogen) atoms. The molecular formula is C18H21ClN2O3S. The van der Waals surface area contributed by atoms with E-state index in [0.717, 1.165) is 0 Å². The van der Waals surface area contributed by atoms with E-state index in [1.807, 2.05) is 0 Å². The molecule has 1 N–H and O–H groups in total. The van der Waals surface area contributed by atoms with Crippen LogP contribution in [0.25, 0.3) is 0 Å². The molecule has 1 aromatic carbocycles. The summed E-state index contributed by atoms with van der Waals surface area (Å²) < 4.78 is 26.2. The van der Waals surface area contributed by atoms with Gasteiger partial charge >= 0.3 is 0 Å². The van der Waals surface area contributed by atoms with Crippen LogP contribution in [-0.4, -0.2) is 25.9 Å². The molecule has 5 nitrogen and oxygen atoms in total. The van der Waals surface area contributed by atoms with Crippen LogP contribution in [0.2, 0.25) is 5.02 Å². The van der Waals surface area contributed by atoms with E-state index < -0.39 is 20.5 Å². The molecule has 0 radical (unpaired) electrons. The minimum atomic E-state index is -3.73. The number of hydrogen-bond acceptors (Lipinski definition) is 4. The fraction of sp³-hybridized carbons (Fsp3) is 0.333. The third kappa shape index (κ3) is 4.80. The molecule has 0 aliphatic carbocycles. The van der Waals surface area contributed by atoms with Crippen molar-refractivity contribution in [1.29, 1.82) is 0 Å². The summed E-state index contributed by atoms with van der Waals surface area (Å²) in [6.45, 7) is 5.28. The Hall–Kier alpha value is -1.92. The van der Waals surface area contributed by atoms with E-state index in [1.54, 1.807) is 39.1 Å². The molecule has 2 aromatic rings. The number of rotatable bonds is 5. The van der Waals surface area contributed by atoms with Gasteiger partial charge in [0.25, 0.3) is 0 Å². The highest BCUT2D eigenvalue weighted by Crippen LogP contribution is 2.29. The van der Waals surface area contributed by atoms with Crippen molar-refractivity contribution in [2.45, 2.75) is 30.9 Å². The van der Waals surface area contributed by atoms with Crippen LogP contribution < -0.4 is 5.32 Å². The van der Waals surface area contributed by atoms with Gasteiger partial charge in [-0.1, -0.05) is 38.4 Å². The molecule has 0 spiro atoms. The first kappa shape index (κ1) is 19.4. The predicted octanol–water partition coefficient (Wildman–Crippen LogP) is 3.41. The van der Waals surface area contributed by atoms with E-state index in [4.69, 9.17) is 11.6 Å². The first-order valence-electron chi connectivity index (χ1n) is 7.80. The fourth-order valence-corrected chi connectivity index (χ4v) is 3.98. The number of pyridine rings is 1. The van der Waals surface area contributed by atoms with Gasteiger partial charge in [0.15, 0.2) is 9.84 Å². The maximum absolute atomic E-state index is 13.1. The average molecular weight is 381 g/mol. The lowest BCUT2D eigenvalue weighted by molar-refractivity contribution is -0.128. The Bertz CT molecular complexity index is 829. The van der Waals surface area contributed by atoms with Crippen molar-refractivity contribution in [3.8, 4) is 0 Å². The highest BCUT2D eigenvalue weighted by molar-refractivity contribution is 7.91. The summed E-state index contributed by atoms with van der Waals surface area (Å²) in [6, 6.07) is 9.35. The van der Waals surface area contributed by atoms with Gasteiger partial charge in [-0.25, -0.2) is 8.42 Å². The number of amides is 1. The van der Waals surface area contributed by atoms with Gasteiger partial charge in [0.2, 0.25) is 5.91 Å². The molecule has 1 aromatic heterocycles. The zero-order valence-corrected chi connectivity index (χ0v) is 15.9. The number of carbonyl (C=O) groups excluding carboxylic acids is 1. The van der Waals surface area contributed by atoms with Crippen molar-refractivity contribution in [2.75, 3.05) is 6.54 Å². The summed E-state index contributed by atoms with van der Waals surface area (Å²) in [5.41, 5.74) is -0.0876. The lowest BCUT2D eigenvalue weighted by Gasteiger charge is -2.22. The van der Waals surface area contributed by atoms with Crippen molar-refractivity contribution in [3.63, 3.8) is 0 Å². The normalized spacial score (nSPS) is 13.3. The Morgan fingerprint density at radius 2 is 1.84 bits per heavy atom. The van der Waals surface area contributed by atoms with Crippen molar-refractivity contribution in [1.82, 2.24) is 10.3 Å². The monoisotopic (exact) mass is 380 g/mol. The predicted molar refractivity (Wildman–Crippen MR) is 98.1 cm³/mol. The SMILES string of the molecule is CC(C)(C)C(=O)NCC(c1cccnc1)S(=O)(=O)c1ccc(Cl)cc1. The van der Waals surface area contributed by atoms with Crippen LogP contribution in [0.4, 0.5) is 0 Å². The molecule has 1 heterocycles. The van der Waals surface area contributed by atoms with E-state index in [-0.39, 0.29) is 17.3 Å². The Kier molecular flexibility index (Phi) is 5.85. The van der Waals surface area contributed by atoms with Crippen LogP contribution in [0.15, 0.2) is 53.7 Å². The Morgan fingerprint density at radius 1 is 1.20 bits per heavy atom. The molecule has 0 saturated carbocycles. The number of nitrogens with one attached hydrogen (secondary N) is 1. The van der Waals surface area contributed by atoms with Crippen molar-refractivity contribution < 1.29 is 13.2 Å². The minimum absolute atomic E-state index is 0.0350. The van der Waals surface area contributed by atoms with Crippen molar-refractivity contribution in [2.24, 2.45) is 5.41 Å². The molecule has 1 amide bonds. The van der Waals surface area contributed by atoms with Gasteiger partial charge in [-0.15, -0.1) is 0 Å². The van der Waals surface area contributed by atoms with Gasteiger partial charge in [-0.05, 0) is 35.9 Å². The molecular weight excluding hydrogens is 360 g/mol. The molecule has 0 aliphatic heterocycles. The lowest BCUT2D eigenvalue weighted by Crippen LogP contribution is -2.38. The molecule has 0 saturated heterocycles. The summed E-state index contributed by atoms with van der Waals surface area (Å²) in [5.74, 6) is -0.215. The van der Waals surface area contributed by atoms with Gasteiger partial charge in [0.1, 0.15) is 5.25 Å². The lowest BCUT2D eigenvalue weighted by atomic mass is 9.95. The summed E-state index contributed by atoms with van der Waals surface area (Å²) in [7, 11) is -3.73. The Balaban J connectivity index is 2.38. The number of sulfone groups is 1. The second-order valence-corrected chi connectivity index (χ2v) is 9.30.